The van der Waals surface area contributed by atoms with Crippen LogP contribution in [0.1, 0.15) is 40.5 Å². The molecule has 0 saturated carbocycles. The van der Waals surface area contributed by atoms with Gasteiger partial charge in [0, 0.05) is 25.6 Å². The lowest BCUT2D eigenvalue weighted by atomic mass is 10.2. The molecular formula is C23H25N3O5. The van der Waals surface area contributed by atoms with Crippen molar-refractivity contribution < 1.29 is 23.5 Å². The first-order valence-electron chi connectivity index (χ1n) is 10.3. The van der Waals surface area contributed by atoms with Crippen LogP contribution in [0.25, 0.3) is 0 Å². The number of benzene rings is 2. The van der Waals surface area contributed by atoms with Crippen molar-refractivity contribution in [1.82, 2.24) is 15.5 Å². The highest BCUT2D eigenvalue weighted by atomic mass is 16.5. The number of nitrogens with one attached hydrogen (secondary N) is 1. The summed E-state index contributed by atoms with van der Waals surface area (Å²) in [5.74, 6) is 2.24. The lowest BCUT2D eigenvalue weighted by molar-refractivity contribution is 0.0679. The SMILES string of the molecule is Cc1nc(COc2ccc(C(=O)NCc3ccc(OCC4CCCO4)cc3)cc2)no1. The second-order valence-corrected chi connectivity index (χ2v) is 7.32. The van der Waals surface area contributed by atoms with E-state index < -0.39 is 0 Å². The number of aromatic nitrogens is 2. The average molecular weight is 423 g/mol. The Balaban J connectivity index is 1.21. The highest BCUT2D eigenvalue weighted by Crippen LogP contribution is 2.17. The maximum absolute atomic E-state index is 12.4. The van der Waals surface area contributed by atoms with E-state index in [0.29, 0.717) is 36.2 Å². The van der Waals surface area contributed by atoms with Crippen molar-refractivity contribution >= 4 is 5.91 Å². The van der Waals surface area contributed by atoms with E-state index in [2.05, 4.69) is 15.5 Å². The van der Waals surface area contributed by atoms with Gasteiger partial charge in [-0.3, -0.25) is 4.79 Å². The predicted molar refractivity (Wildman–Crippen MR) is 112 cm³/mol. The van der Waals surface area contributed by atoms with Gasteiger partial charge in [-0.2, -0.15) is 4.98 Å². The molecule has 8 heteroatoms. The van der Waals surface area contributed by atoms with Crippen LogP contribution in [0.5, 0.6) is 11.5 Å². The summed E-state index contributed by atoms with van der Waals surface area (Å²) < 4.78 is 21.8. The van der Waals surface area contributed by atoms with Gasteiger partial charge >= 0.3 is 0 Å². The van der Waals surface area contributed by atoms with Crippen molar-refractivity contribution in [3.8, 4) is 11.5 Å². The van der Waals surface area contributed by atoms with E-state index in [-0.39, 0.29) is 18.6 Å². The summed E-state index contributed by atoms with van der Waals surface area (Å²) in [6.07, 6.45) is 2.34. The minimum absolute atomic E-state index is 0.154. The molecule has 1 saturated heterocycles. The zero-order valence-corrected chi connectivity index (χ0v) is 17.4. The fourth-order valence-corrected chi connectivity index (χ4v) is 3.20. The van der Waals surface area contributed by atoms with Gasteiger partial charge in [0.1, 0.15) is 18.1 Å². The van der Waals surface area contributed by atoms with Crippen molar-refractivity contribution in [3.05, 3.63) is 71.4 Å². The first-order chi connectivity index (χ1) is 15.2. The Morgan fingerprint density at radius 3 is 2.52 bits per heavy atom. The molecule has 31 heavy (non-hydrogen) atoms. The molecule has 1 N–H and O–H groups in total. The molecule has 3 aromatic rings. The number of hydrogen-bond acceptors (Lipinski definition) is 7. The number of ether oxygens (including phenoxy) is 3. The highest BCUT2D eigenvalue weighted by Gasteiger charge is 2.16. The molecule has 1 atom stereocenters. The molecule has 0 aliphatic carbocycles. The summed E-state index contributed by atoms with van der Waals surface area (Å²) in [5, 5.41) is 6.69. The van der Waals surface area contributed by atoms with E-state index in [4.69, 9.17) is 18.7 Å². The standard InChI is InChI=1S/C23H25N3O5/c1-16-25-22(26-31-16)15-30-20-10-6-18(7-11-20)23(27)24-13-17-4-8-19(9-5-17)29-14-21-3-2-12-28-21/h4-11,21H,2-3,12-15H2,1H3,(H,24,27). The normalized spacial score (nSPS) is 15.6. The van der Waals surface area contributed by atoms with Gasteiger partial charge < -0.3 is 24.1 Å². The Bertz CT molecular complexity index is 979. The Kier molecular flexibility index (Phi) is 6.78. The third-order valence-corrected chi connectivity index (χ3v) is 4.89. The first kappa shape index (κ1) is 20.9. The van der Waals surface area contributed by atoms with Crippen LogP contribution in [0.15, 0.2) is 53.1 Å². The Morgan fingerprint density at radius 1 is 1.10 bits per heavy atom. The largest absolute Gasteiger partial charge is 0.491 e. The number of hydrogen-bond donors (Lipinski definition) is 1. The summed E-state index contributed by atoms with van der Waals surface area (Å²) in [6, 6.07) is 14.6. The van der Waals surface area contributed by atoms with Gasteiger partial charge in [-0.25, -0.2) is 0 Å². The smallest absolute Gasteiger partial charge is 0.251 e. The maximum Gasteiger partial charge on any atom is 0.251 e. The molecule has 2 heterocycles. The van der Waals surface area contributed by atoms with E-state index in [1.54, 1.807) is 31.2 Å². The Labute approximate surface area is 180 Å². The summed E-state index contributed by atoms with van der Waals surface area (Å²) in [4.78, 5) is 16.5. The summed E-state index contributed by atoms with van der Waals surface area (Å²) in [6.45, 7) is 3.75. The summed E-state index contributed by atoms with van der Waals surface area (Å²) >= 11 is 0. The molecule has 162 valence electrons. The molecule has 0 spiro atoms. The van der Waals surface area contributed by atoms with E-state index >= 15 is 0 Å². The van der Waals surface area contributed by atoms with Gasteiger partial charge in [-0.15, -0.1) is 0 Å². The molecule has 1 aliphatic heterocycles. The van der Waals surface area contributed by atoms with Crippen molar-refractivity contribution in [2.24, 2.45) is 0 Å². The topological polar surface area (TPSA) is 95.7 Å². The second-order valence-electron chi connectivity index (χ2n) is 7.32. The van der Waals surface area contributed by atoms with Gasteiger partial charge in [-0.1, -0.05) is 17.3 Å². The quantitative estimate of drug-likeness (QED) is 0.563. The second kappa shape index (κ2) is 10.1. The number of amides is 1. The predicted octanol–water partition coefficient (Wildman–Crippen LogP) is 3.44. The molecule has 0 bridgehead atoms. The fourth-order valence-electron chi connectivity index (χ4n) is 3.20. The Hall–Kier alpha value is -3.39. The molecule has 2 aromatic carbocycles. The van der Waals surface area contributed by atoms with Crippen LogP contribution in [0.3, 0.4) is 0 Å². The van der Waals surface area contributed by atoms with Gasteiger partial charge in [0.15, 0.2) is 6.61 Å². The van der Waals surface area contributed by atoms with Crippen LogP contribution < -0.4 is 14.8 Å². The van der Waals surface area contributed by atoms with Crippen LogP contribution >= 0.6 is 0 Å². The molecule has 1 amide bonds. The fraction of sp³-hybridized carbons (Fsp3) is 0.348. The van der Waals surface area contributed by atoms with Gasteiger partial charge in [-0.05, 0) is 54.8 Å². The van der Waals surface area contributed by atoms with E-state index in [0.717, 1.165) is 30.8 Å². The van der Waals surface area contributed by atoms with Crippen molar-refractivity contribution in [2.45, 2.75) is 39.0 Å². The number of nitrogens with zero attached hydrogens (tertiary/aromatic N) is 2. The van der Waals surface area contributed by atoms with Gasteiger partial charge in [0.2, 0.25) is 11.7 Å². The number of rotatable bonds is 9. The third kappa shape index (κ3) is 6.05. The molecule has 4 rings (SSSR count). The average Bonchev–Trinajstić information content (AvgIpc) is 3.47. The van der Waals surface area contributed by atoms with E-state index in [9.17, 15) is 4.79 Å². The third-order valence-electron chi connectivity index (χ3n) is 4.89. The van der Waals surface area contributed by atoms with E-state index in [1.807, 2.05) is 24.3 Å². The van der Waals surface area contributed by atoms with Crippen molar-refractivity contribution in [1.29, 1.82) is 0 Å². The summed E-state index contributed by atoms with van der Waals surface area (Å²) in [7, 11) is 0. The molecule has 8 nitrogen and oxygen atoms in total. The van der Waals surface area contributed by atoms with Crippen LogP contribution in [-0.4, -0.2) is 35.4 Å². The molecule has 0 radical (unpaired) electrons. The van der Waals surface area contributed by atoms with Crippen molar-refractivity contribution in [2.75, 3.05) is 13.2 Å². The first-order valence-corrected chi connectivity index (χ1v) is 10.3. The molecular weight excluding hydrogens is 398 g/mol. The van der Waals surface area contributed by atoms with E-state index in [1.165, 1.54) is 0 Å². The van der Waals surface area contributed by atoms with Crippen LogP contribution in [-0.2, 0) is 17.9 Å². The number of carbonyl (C=O) groups excluding carboxylic acids is 1. The van der Waals surface area contributed by atoms with Crippen LogP contribution in [0.2, 0.25) is 0 Å². The summed E-state index contributed by atoms with van der Waals surface area (Å²) in [5.41, 5.74) is 1.55. The Morgan fingerprint density at radius 2 is 1.84 bits per heavy atom. The minimum Gasteiger partial charge on any atom is -0.491 e. The maximum atomic E-state index is 12.4. The lowest BCUT2D eigenvalue weighted by Gasteiger charge is -2.12. The van der Waals surface area contributed by atoms with Gasteiger partial charge in [0.05, 0.1) is 6.10 Å². The van der Waals surface area contributed by atoms with Crippen molar-refractivity contribution in [3.63, 3.8) is 0 Å². The van der Waals surface area contributed by atoms with Crippen LogP contribution in [0.4, 0.5) is 0 Å². The zero-order chi connectivity index (χ0) is 21.5. The molecule has 1 fully saturated rings. The molecule has 1 aliphatic rings. The minimum atomic E-state index is -0.154. The van der Waals surface area contributed by atoms with Crippen LogP contribution in [0, 0.1) is 6.92 Å². The molecule has 1 aromatic heterocycles. The number of aryl methyl sites for hydroxylation is 1. The zero-order valence-electron chi connectivity index (χ0n) is 17.4. The monoisotopic (exact) mass is 423 g/mol. The highest BCUT2D eigenvalue weighted by molar-refractivity contribution is 5.94. The number of carbonyl (C=O) groups is 1. The van der Waals surface area contributed by atoms with Gasteiger partial charge in [0.25, 0.3) is 5.91 Å². The molecule has 1 unspecified atom stereocenters. The lowest BCUT2D eigenvalue weighted by Crippen LogP contribution is -2.22.